The van der Waals surface area contributed by atoms with Crippen LogP contribution >= 0.6 is 0 Å². The third-order valence-corrected chi connectivity index (χ3v) is 12.9. The van der Waals surface area contributed by atoms with Crippen molar-refractivity contribution in [2.45, 2.75) is 105 Å². The van der Waals surface area contributed by atoms with Gasteiger partial charge in [-0.1, -0.05) is 180 Å². The third-order valence-electron chi connectivity index (χ3n) is 12.9. The van der Waals surface area contributed by atoms with Crippen molar-refractivity contribution in [3.63, 3.8) is 0 Å². The van der Waals surface area contributed by atoms with Gasteiger partial charge < -0.3 is 9.47 Å². The van der Waals surface area contributed by atoms with Crippen LogP contribution < -0.4 is 9.47 Å². The van der Waals surface area contributed by atoms with E-state index in [1.54, 1.807) is 14.2 Å². The van der Waals surface area contributed by atoms with Gasteiger partial charge in [-0.2, -0.15) is 0 Å². The van der Waals surface area contributed by atoms with Crippen LogP contribution in [0.1, 0.15) is 105 Å². The summed E-state index contributed by atoms with van der Waals surface area (Å²) in [6.45, 7) is 27.7. The number of rotatable bonds is 6. The highest BCUT2D eigenvalue weighted by molar-refractivity contribution is 6.34. The van der Waals surface area contributed by atoms with Crippen molar-refractivity contribution >= 4 is 32.3 Å². The maximum absolute atomic E-state index is 5.77. The fourth-order valence-electron chi connectivity index (χ4n) is 9.15. The zero-order valence-corrected chi connectivity index (χ0v) is 39.5. The molecule has 0 atom stereocenters. The Morgan fingerprint density at radius 3 is 0.774 bits per heavy atom. The molecule has 0 heterocycles. The first kappa shape index (κ1) is 42.8. The molecule has 0 radical (unpaired) electrons. The minimum atomic E-state index is -0.0680. The first-order chi connectivity index (χ1) is 29.2. The average molecular weight is 817 g/mol. The van der Waals surface area contributed by atoms with Crippen LogP contribution in [0.5, 0.6) is 11.5 Å². The fourth-order valence-corrected chi connectivity index (χ4v) is 9.15. The highest BCUT2D eigenvalue weighted by atomic mass is 16.5. The van der Waals surface area contributed by atoms with Gasteiger partial charge in [0.2, 0.25) is 0 Å². The molecule has 316 valence electrons. The lowest BCUT2D eigenvalue weighted by Crippen LogP contribution is -2.11. The smallest absolute Gasteiger partial charge is 0.118 e. The molecular weight excluding hydrogens is 753 g/mol. The monoisotopic (exact) mass is 816 g/mol. The van der Waals surface area contributed by atoms with Crippen molar-refractivity contribution in [2.75, 3.05) is 14.2 Å². The van der Waals surface area contributed by atoms with Gasteiger partial charge in [0.1, 0.15) is 11.5 Å². The van der Waals surface area contributed by atoms with Crippen molar-refractivity contribution in [3.8, 4) is 56.0 Å². The molecule has 8 aromatic rings. The Morgan fingerprint density at radius 1 is 0.274 bits per heavy atom. The van der Waals surface area contributed by atoms with Crippen molar-refractivity contribution in [1.29, 1.82) is 0 Å². The zero-order chi connectivity index (χ0) is 44.5. The van der Waals surface area contributed by atoms with Crippen molar-refractivity contribution in [3.05, 3.63) is 156 Å². The van der Waals surface area contributed by atoms with Crippen LogP contribution in [0.15, 0.2) is 133 Å². The van der Waals surface area contributed by atoms with Crippen LogP contribution in [0.2, 0.25) is 0 Å². The van der Waals surface area contributed by atoms with Crippen LogP contribution in [0.25, 0.3) is 76.8 Å². The summed E-state index contributed by atoms with van der Waals surface area (Å²) in [6.07, 6.45) is 0. The Bertz CT molecular complexity index is 2730. The average Bonchev–Trinajstić information content (AvgIpc) is 3.23. The molecule has 0 unspecified atom stereocenters. The molecular formula is C60H64O2. The number of methoxy groups -OCH3 is 2. The van der Waals surface area contributed by atoms with Crippen LogP contribution in [-0.4, -0.2) is 14.2 Å². The molecule has 0 N–H and O–H groups in total. The molecule has 0 aliphatic carbocycles. The molecule has 0 saturated carbocycles. The van der Waals surface area contributed by atoms with E-state index in [0.717, 1.165) is 22.6 Å². The molecule has 8 aromatic carbocycles. The van der Waals surface area contributed by atoms with E-state index in [9.17, 15) is 0 Å². The van der Waals surface area contributed by atoms with Crippen LogP contribution in [0.4, 0.5) is 0 Å². The first-order valence-corrected chi connectivity index (χ1v) is 22.2. The highest BCUT2D eigenvalue weighted by Gasteiger charge is 2.29. The topological polar surface area (TPSA) is 18.5 Å². The number of ether oxygens (including phenoxy) is 2. The summed E-state index contributed by atoms with van der Waals surface area (Å²) in [6, 6.07) is 50.7. The van der Waals surface area contributed by atoms with E-state index in [4.69, 9.17) is 9.47 Å². The summed E-state index contributed by atoms with van der Waals surface area (Å²) < 4.78 is 11.5. The van der Waals surface area contributed by atoms with Crippen LogP contribution in [0, 0.1) is 0 Å². The molecule has 0 bridgehead atoms. The fraction of sp³-hybridized carbons (Fsp3) is 0.300. The summed E-state index contributed by atoms with van der Waals surface area (Å²) in [5.41, 5.74) is 14.8. The van der Waals surface area contributed by atoms with Gasteiger partial charge in [-0.15, -0.1) is 0 Å². The quantitative estimate of drug-likeness (QED) is 0.156. The van der Waals surface area contributed by atoms with E-state index in [1.807, 2.05) is 0 Å². The molecule has 8 rings (SSSR count). The summed E-state index contributed by atoms with van der Waals surface area (Å²) >= 11 is 0. The number of hydrogen-bond donors (Lipinski definition) is 0. The predicted molar refractivity (Wildman–Crippen MR) is 269 cm³/mol. The van der Waals surface area contributed by atoms with E-state index < -0.39 is 0 Å². The van der Waals surface area contributed by atoms with E-state index in [0.29, 0.717) is 0 Å². The lowest BCUT2D eigenvalue weighted by molar-refractivity contribution is 0.415. The maximum Gasteiger partial charge on any atom is 0.118 e. The number of benzene rings is 8. The minimum absolute atomic E-state index is 0.0166. The Balaban J connectivity index is 1.74. The molecule has 0 spiro atoms. The van der Waals surface area contributed by atoms with Crippen molar-refractivity contribution in [1.82, 2.24) is 0 Å². The van der Waals surface area contributed by atoms with Gasteiger partial charge in [-0.3, -0.25) is 0 Å². The molecule has 0 aliphatic heterocycles. The highest BCUT2D eigenvalue weighted by Crippen LogP contribution is 2.55. The second-order valence-corrected chi connectivity index (χ2v) is 21.4. The molecule has 0 amide bonds. The lowest BCUT2D eigenvalue weighted by Gasteiger charge is -2.28. The van der Waals surface area contributed by atoms with Crippen molar-refractivity contribution in [2.24, 2.45) is 0 Å². The predicted octanol–water partition coefficient (Wildman–Crippen LogP) is 17.0. The van der Waals surface area contributed by atoms with Gasteiger partial charge in [0.25, 0.3) is 0 Å². The largest absolute Gasteiger partial charge is 0.497 e. The van der Waals surface area contributed by atoms with Gasteiger partial charge >= 0.3 is 0 Å². The standard InChI is InChI=1S/C60H64O2/c1-57(2,3)41-23-15-37(16-24-41)51-47-33-27-43(59(7,8)9)35-49(47)54(40-21-31-46(62-14)32-22-40)56-52(38-17-25-42(26-18-38)58(4,5)6)48-34-28-44(60(10,11)12)36-50(48)53(55(51)56)39-19-29-45(61-13)30-20-39/h15-36H,1-14H3. The Kier molecular flexibility index (Phi) is 10.7. The van der Waals surface area contributed by atoms with Crippen LogP contribution in [0.3, 0.4) is 0 Å². The number of fused-ring (bicyclic) bond motifs is 3. The van der Waals surface area contributed by atoms with E-state index in [2.05, 4.69) is 217 Å². The molecule has 0 fully saturated rings. The maximum atomic E-state index is 5.77. The molecule has 0 aromatic heterocycles. The summed E-state index contributed by atoms with van der Waals surface area (Å²) in [5.74, 6) is 1.68. The Morgan fingerprint density at radius 2 is 0.516 bits per heavy atom. The molecule has 0 saturated heterocycles. The van der Waals surface area contributed by atoms with Crippen LogP contribution in [-0.2, 0) is 21.7 Å². The first-order valence-electron chi connectivity index (χ1n) is 22.2. The van der Waals surface area contributed by atoms with Crippen molar-refractivity contribution < 1.29 is 9.47 Å². The number of hydrogen-bond acceptors (Lipinski definition) is 2. The lowest BCUT2D eigenvalue weighted by atomic mass is 9.75. The third kappa shape index (κ3) is 7.78. The van der Waals surface area contributed by atoms with Gasteiger partial charge in [-0.05, 0) is 157 Å². The van der Waals surface area contributed by atoms with E-state index >= 15 is 0 Å². The van der Waals surface area contributed by atoms with Gasteiger partial charge in [0, 0.05) is 0 Å². The molecule has 2 heteroatoms. The van der Waals surface area contributed by atoms with E-state index in [1.165, 1.54) is 88.0 Å². The summed E-state index contributed by atoms with van der Waals surface area (Å²) in [5, 5.41) is 7.43. The van der Waals surface area contributed by atoms with Gasteiger partial charge in [0.15, 0.2) is 0 Å². The molecule has 0 aliphatic rings. The van der Waals surface area contributed by atoms with Gasteiger partial charge in [-0.25, -0.2) is 0 Å². The Labute approximate surface area is 371 Å². The second-order valence-electron chi connectivity index (χ2n) is 21.4. The summed E-state index contributed by atoms with van der Waals surface area (Å²) in [4.78, 5) is 0. The van der Waals surface area contributed by atoms with E-state index in [-0.39, 0.29) is 21.7 Å². The van der Waals surface area contributed by atoms with Gasteiger partial charge in [0.05, 0.1) is 14.2 Å². The second kappa shape index (κ2) is 15.5. The normalized spacial score (nSPS) is 12.7. The molecule has 62 heavy (non-hydrogen) atoms. The zero-order valence-electron chi connectivity index (χ0n) is 39.5. The molecule has 2 nitrogen and oxygen atoms in total. The summed E-state index contributed by atoms with van der Waals surface area (Å²) in [7, 11) is 3.49. The Hall–Kier alpha value is -5.86. The SMILES string of the molecule is COc1ccc(-c2c3cc(C(C)(C)C)ccc3c(-c3ccc(C(C)(C)C)cc3)c3c(-c4ccc(OC)cc4)c4cc(C(C)(C)C)ccc4c(-c4ccc(C(C)(C)C)cc4)c23)cc1. The minimum Gasteiger partial charge on any atom is -0.497 e.